The summed E-state index contributed by atoms with van der Waals surface area (Å²) in [4.78, 5) is 0. The molecule has 0 aromatic rings. The standard InChI is InChI=1S/2C4H9.C3H7.Sn/c2*1-3-4-2;1-3-2;/h2*1,3-4H2,2H3;1,3H2,2H3;/q;;;+1. The molecule has 0 atom stereocenters. The molecular formula is C11H25Sn+. The van der Waals surface area contributed by atoms with Gasteiger partial charge >= 0.3 is 85.9 Å². The third kappa shape index (κ3) is 7.45. The molecule has 0 radical (unpaired) electrons. The summed E-state index contributed by atoms with van der Waals surface area (Å²) in [6, 6.07) is 0. The molecule has 0 saturated heterocycles. The molecule has 0 aliphatic carbocycles. The van der Waals surface area contributed by atoms with Crippen molar-refractivity contribution in [2.24, 2.45) is 0 Å². The first-order chi connectivity index (χ1) is 5.85. The van der Waals surface area contributed by atoms with Gasteiger partial charge in [0.05, 0.1) is 0 Å². The van der Waals surface area contributed by atoms with E-state index in [1.165, 1.54) is 32.1 Å². The van der Waals surface area contributed by atoms with Crippen molar-refractivity contribution in [1.29, 1.82) is 0 Å². The Balaban J connectivity index is 3.40. The van der Waals surface area contributed by atoms with Gasteiger partial charge < -0.3 is 0 Å². The average Bonchev–Trinajstić information content (AvgIpc) is 2.10. The number of hydrogen-bond donors (Lipinski definition) is 0. The van der Waals surface area contributed by atoms with Gasteiger partial charge in [-0.3, -0.25) is 0 Å². The van der Waals surface area contributed by atoms with Crippen LogP contribution in [0, 0.1) is 0 Å². The van der Waals surface area contributed by atoms with Crippen LogP contribution in [0.15, 0.2) is 0 Å². The van der Waals surface area contributed by atoms with E-state index in [-0.39, 0.29) is 0 Å². The van der Waals surface area contributed by atoms with E-state index >= 15 is 0 Å². The molecule has 0 saturated carbocycles. The van der Waals surface area contributed by atoms with Crippen molar-refractivity contribution in [3.63, 3.8) is 0 Å². The molecule has 72 valence electrons. The van der Waals surface area contributed by atoms with Crippen molar-refractivity contribution in [2.75, 3.05) is 0 Å². The molecule has 0 fully saturated rings. The summed E-state index contributed by atoms with van der Waals surface area (Å²) in [6.45, 7) is 7.01. The molecule has 0 aliphatic heterocycles. The Labute approximate surface area is 85.9 Å². The minimum atomic E-state index is -0.812. The summed E-state index contributed by atoms with van der Waals surface area (Å²) in [6.07, 6.45) is 7.35. The van der Waals surface area contributed by atoms with Crippen LogP contribution < -0.4 is 0 Å². The van der Waals surface area contributed by atoms with E-state index in [1.807, 2.05) is 0 Å². The Morgan fingerprint density at radius 2 is 1.17 bits per heavy atom. The average molecular weight is 276 g/mol. The predicted octanol–water partition coefficient (Wildman–Crippen LogP) is 4.49. The van der Waals surface area contributed by atoms with Gasteiger partial charge in [0.2, 0.25) is 0 Å². The Hall–Kier alpha value is 0.799. The van der Waals surface area contributed by atoms with Gasteiger partial charge in [-0.05, 0) is 0 Å². The molecule has 0 heterocycles. The maximum absolute atomic E-state index is 2.36. The number of hydrogen-bond acceptors (Lipinski definition) is 0. The van der Waals surface area contributed by atoms with Crippen molar-refractivity contribution < 1.29 is 0 Å². The van der Waals surface area contributed by atoms with Gasteiger partial charge in [0, 0.05) is 0 Å². The fraction of sp³-hybridized carbons (Fsp3) is 1.00. The second-order valence-corrected chi connectivity index (χ2v) is 12.3. The van der Waals surface area contributed by atoms with Gasteiger partial charge in [0.15, 0.2) is 0 Å². The Bertz CT molecular complexity index is 73.1. The van der Waals surface area contributed by atoms with Crippen LogP contribution >= 0.6 is 0 Å². The van der Waals surface area contributed by atoms with Crippen molar-refractivity contribution in [2.45, 2.75) is 66.2 Å². The zero-order chi connectivity index (χ0) is 9.23. The van der Waals surface area contributed by atoms with Crippen LogP contribution in [0.1, 0.15) is 52.9 Å². The second kappa shape index (κ2) is 9.88. The maximum atomic E-state index is 2.36. The predicted molar refractivity (Wildman–Crippen MR) is 60.3 cm³/mol. The fourth-order valence-corrected chi connectivity index (χ4v) is 10.6. The molecule has 0 nitrogen and oxygen atoms in total. The molecule has 0 N–H and O–H groups in total. The van der Waals surface area contributed by atoms with E-state index in [2.05, 4.69) is 20.8 Å². The van der Waals surface area contributed by atoms with E-state index in [0.29, 0.717) is 0 Å². The number of rotatable bonds is 8. The molecule has 0 spiro atoms. The van der Waals surface area contributed by atoms with Gasteiger partial charge in [-0.2, -0.15) is 0 Å². The van der Waals surface area contributed by atoms with Gasteiger partial charge in [-0.15, -0.1) is 0 Å². The topological polar surface area (TPSA) is 0 Å². The molecule has 0 unspecified atom stereocenters. The molecular weight excluding hydrogens is 251 g/mol. The summed E-state index contributed by atoms with van der Waals surface area (Å²) in [5.74, 6) is 0. The van der Waals surface area contributed by atoms with Crippen LogP contribution in [0.2, 0.25) is 13.3 Å². The Morgan fingerprint density at radius 1 is 0.667 bits per heavy atom. The van der Waals surface area contributed by atoms with Crippen LogP contribution in [0.4, 0.5) is 0 Å². The number of unbranched alkanes of at least 4 members (excludes halogenated alkanes) is 2. The minimum absolute atomic E-state index is 0.812. The first-order valence-corrected chi connectivity index (χ1v) is 11.7. The summed E-state index contributed by atoms with van der Waals surface area (Å²) in [7, 11) is 0. The van der Waals surface area contributed by atoms with Gasteiger partial charge in [-0.1, -0.05) is 0 Å². The molecule has 0 aliphatic rings. The van der Waals surface area contributed by atoms with Crippen molar-refractivity contribution in [1.82, 2.24) is 0 Å². The normalized spacial score (nSPS) is 10.2. The summed E-state index contributed by atoms with van der Waals surface area (Å²) in [5, 5.41) is 0. The monoisotopic (exact) mass is 277 g/mol. The van der Waals surface area contributed by atoms with Crippen molar-refractivity contribution in [3.8, 4) is 0 Å². The van der Waals surface area contributed by atoms with Gasteiger partial charge in [0.1, 0.15) is 0 Å². The molecule has 12 heavy (non-hydrogen) atoms. The zero-order valence-electron chi connectivity index (χ0n) is 9.16. The van der Waals surface area contributed by atoms with Crippen molar-refractivity contribution in [3.05, 3.63) is 0 Å². The molecule has 0 rings (SSSR count). The SMILES string of the molecule is CCC[CH2][Sn+]([CH2]CC)[CH2]CCC. The quantitative estimate of drug-likeness (QED) is 0.573. The molecule has 0 aromatic heterocycles. The third-order valence-corrected chi connectivity index (χ3v) is 11.9. The zero-order valence-corrected chi connectivity index (χ0v) is 12.0. The van der Waals surface area contributed by atoms with E-state index < -0.39 is 19.8 Å². The first kappa shape index (κ1) is 12.8. The van der Waals surface area contributed by atoms with Crippen molar-refractivity contribution >= 4 is 19.8 Å². The van der Waals surface area contributed by atoms with Crippen LogP contribution in [0.3, 0.4) is 0 Å². The van der Waals surface area contributed by atoms with Crippen LogP contribution in [-0.4, -0.2) is 19.8 Å². The molecule has 0 amide bonds. The van der Waals surface area contributed by atoms with Crippen LogP contribution in [-0.2, 0) is 0 Å². The van der Waals surface area contributed by atoms with E-state index in [4.69, 9.17) is 0 Å². The van der Waals surface area contributed by atoms with Crippen LogP contribution in [0.5, 0.6) is 0 Å². The first-order valence-electron chi connectivity index (χ1n) is 5.68. The summed E-state index contributed by atoms with van der Waals surface area (Å²) < 4.78 is 5.00. The van der Waals surface area contributed by atoms with E-state index in [0.717, 1.165) is 0 Å². The fourth-order valence-electron chi connectivity index (χ4n) is 1.58. The second-order valence-electron chi connectivity index (χ2n) is 3.71. The Kier molecular flexibility index (Phi) is 10.5. The van der Waals surface area contributed by atoms with E-state index in [1.54, 1.807) is 13.3 Å². The molecule has 0 bridgehead atoms. The molecule has 0 aromatic carbocycles. The Morgan fingerprint density at radius 3 is 1.50 bits per heavy atom. The van der Waals surface area contributed by atoms with Gasteiger partial charge in [-0.25, -0.2) is 0 Å². The summed E-state index contributed by atoms with van der Waals surface area (Å²) >= 11 is -0.812. The third-order valence-electron chi connectivity index (χ3n) is 2.37. The van der Waals surface area contributed by atoms with E-state index in [9.17, 15) is 0 Å². The van der Waals surface area contributed by atoms with Crippen LogP contribution in [0.25, 0.3) is 0 Å². The molecule has 1 heteroatoms. The summed E-state index contributed by atoms with van der Waals surface area (Å²) in [5.41, 5.74) is 0. The van der Waals surface area contributed by atoms with Gasteiger partial charge in [0.25, 0.3) is 0 Å².